The van der Waals surface area contributed by atoms with E-state index in [1.807, 2.05) is 59.7 Å². The molecule has 0 aliphatic carbocycles. The minimum Gasteiger partial charge on any atom is -0.322 e. The second-order valence-electron chi connectivity index (χ2n) is 5.90. The number of amides is 1. The van der Waals surface area contributed by atoms with Crippen LogP contribution in [0.4, 0.5) is 0 Å². The summed E-state index contributed by atoms with van der Waals surface area (Å²) in [6.45, 7) is 3.36. The summed E-state index contributed by atoms with van der Waals surface area (Å²) in [5.74, 6) is 0.614. The maximum absolute atomic E-state index is 13.0. The number of aryl methyl sites for hydroxylation is 1. The van der Waals surface area contributed by atoms with Gasteiger partial charge in [-0.05, 0) is 23.9 Å². The van der Waals surface area contributed by atoms with Crippen LogP contribution in [0.25, 0.3) is 0 Å². The highest BCUT2D eigenvalue weighted by molar-refractivity contribution is 7.12. The van der Waals surface area contributed by atoms with Gasteiger partial charge in [-0.2, -0.15) is 5.10 Å². The lowest BCUT2D eigenvalue weighted by molar-refractivity contribution is 0.0662. The quantitative estimate of drug-likeness (QED) is 0.725. The summed E-state index contributed by atoms with van der Waals surface area (Å²) in [6.07, 6.45) is 0. The molecule has 0 saturated heterocycles. The Kier molecular flexibility index (Phi) is 4.01. The van der Waals surface area contributed by atoms with E-state index < -0.39 is 0 Å². The van der Waals surface area contributed by atoms with Crippen molar-refractivity contribution in [1.29, 1.82) is 0 Å². The first-order valence-corrected chi connectivity index (χ1v) is 9.15. The third-order valence-corrected chi connectivity index (χ3v) is 5.34. The number of fused-ring (bicyclic) bond motifs is 1. The Balaban J connectivity index is 1.85. The summed E-state index contributed by atoms with van der Waals surface area (Å²) >= 11 is 1.43. The van der Waals surface area contributed by atoms with Gasteiger partial charge >= 0.3 is 5.69 Å². The molecule has 6 nitrogen and oxygen atoms in total. The molecular formula is C18H18N4O2S. The first kappa shape index (κ1) is 15.8. The van der Waals surface area contributed by atoms with Gasteiger partial charge in [-0.1, -0.05) is 36.4 Å². The molecule has 0 saturated carbocycles. The number of carbonyl (C=O) groups excluding carboxylic acids is 1. The van der Waals surface area contributed by atoms with Crippen molar-refractivity contribution in [3.8, 4) is 0 Å². The Bertz CT molecular complexity index is 943. The number of hydrogen-bond acceptors (Lipinski definition) is 4. The molecule has 1 aliphatic rings. The number of rotatable bonds is 3. The van der Waals surface area contributed by atoms with Crippen LogP contribution in [0.2, 0.25) is 0 Å². The fraction of sp³-hybridized carbons (Fsp3) is 0.278. The van der Waals surface area contributed by atoms with Crippen LogP contribution in [0, 0.1) is 0 Å². The van der Waals surface area contributed by atoms with Crippen molar-refractivity contribution >= 4 is 17.2 Å². The second-order valence-corrected chi connectivity index (χ2v) is 6.84. The average Bonchev–Trinajstić information content (AvgIpc) is 3.29. The van der Waals surface area contributed by atoms with Crippen LogP contribution in [0.1, 0.15) is 34.0 Å². The van der Waals surface area contributed by atoms with E-state index in [2.05, 4.69) is 5.10 Å². The van der Waals surface area contributed by atoms with Crippen molar-refractivity contribution in [2.75, 3.05) is 6.54 Å². The minimum atomic E-state index is -0.356. The second kappa shape index (κ2) is 6.33. The van der Waals surface area contributed by atoms with Gasteiger partial charge in [0.05, 0.1) is 4.88 Å². The van der Waals surface area contributed by atoms with Gasteiger partial charge in [0.25, 0.3) is 5.91 Å². The lowest BCUT2D eigenvalue weighted by atomic mass is 10.0. The summed E-state index contributed by atoms with van der Waals surface area (Å²) in [7, 11) is 0. The molecule has 0 bridgehead atoms. The van der Waals surface area contributed by atoms with E-state index in [1.54, 1.807) is 4.57 Å². The molecule has 1 amide bonds. The number of benzene rings is 1. The van der Waals surface area contributed by atoms with Crippen LogP contribution < -0.4 is 5.69 Å². The van der Waals surface area contributed by atoms with Crippen molar-refractivity contribution < 1.29 is 4.79 Å². The van der Waals surface area contributed by atoms with Gasteiger partial charge in [-0.25, -0.2) is 9.48 Å². The molecule has 1 unspecified atom stereocenters. The highest BCUT2D eigenvalue weighted by Crippen LogP contribution is 2.31. The Morgan fingerprint density at radius 3 is 2.68 bits per heavy atom. The topological polar surface area (TPSA) is 60.1 Å². The number of nitrogens with zero attached hydrogens (tertiary/aromatic N) is 4. The Morgan fingerprint density at radius 1 is 1.20 bits per heavy atom. The highest BCUT2D eigenvalue weighted by Gasteiger charge is 2.36. The van der Waals surface area contributed by atoms with Gasteiger partial charge < -0.3 is 4.90 Å². The Morgan fingerprint density at radius 2 is 2.00 bits per heavy atom. The zero-order valence-corrected chi connectivity index (χ0v) is 14.6. The highest BCUT2D eigenvalue weighted by atomic mass is 32.1. The van der Waals surface area contributed by atoms with Crippen LogP contribution in [-0.4, -0.2) is 31.7 Å². The maximum Gasteiger partial charge on any atom is 0.346 e. The van der Waals surface area contributed by atoms with E-state index in [-0.39, 0.29) is 17.6 Å². The zero-order valence-electron chi connectivity index (χ0n) is 13.8. The first-order valence-electron chi connectivity index (χ1n) is 8.27. The van der Waals surface area contributed by atoms with E-state index in [0.717, 1.165) is 5.56 Å². The molecule has 25 heavy (non-hydrogen) atoms. The number of hydrogen-bond donors (Lipinski definition) is 0. The molecule has 0 radical (unpaired) electrons. The fourth-order valence-electron chi connectivity index (χ4n) is 3.28. The van der Waals surface area contributed by atoms with Crippen LogP contribution in [0.5, 0.6) is 0 Å². The van der Waals surface area contributed by atoms with Gasteiger partial charge in [0.1, 0.15) is 6.04 Å². The van der Waals surface area contributed by atoms with Crippen LogP contribution in [-0.2, 0) is 13.1 Å². The fourth-order valence-corrected chi connectivity index (χ4v) is 3.96. The SMILES string of the molecule is CCn1nc2n(c1=O)CCN(C(=O)c1cccs1)C2c1ccccc1. The molecule has 3 aromatic rings. The minimum absolute atomic E-state index is 0.0198. The predicted octanol–water partition coefficient (Wildman–Crippen LogP) is 2.37. The molecule has 1 aliphatic heterocycles. The number of thiophene rings is 1. The largest absolute Gasteiger partial charge is 0.346 e. The maximum atomic E-state index is 13.0. The Labute approximate surface area is 148 Å². The molecule has 0 spiro atoms. The van der Waals surface area contributed by atoms with Crippen molar-refractivity contribution in [1.82, 2.24) is 19.2 Å². The van der Waals surface area contributed by atoms with E-state index in [9.17, 15) is 9.59 Å². The molecule has 7 heteroatoms. The molecule has 0 N–H and O–H groups in total. The van der Waals surface area contributed by atoms with Gasteiger partial charge in [0.2, 0.25) is 0 Å². The molecule has 1 aromatic carbocycles. The van der Waals surface area contributed by atoms with Gasteiger partial charge in [0.15, 0.2) is 5.82 Å². The molecule has 2 aromatic heterocycles. The molecular weight excluding hydrogens is 336 g/mol. The molecule has 3 heterocycles. The van der Waals surface area contributed by atoms with Crippen LogP contribution in [0.3, 0.4) is 0 Å². The summed E-state index contributed by atoms with van der Waals surface area (Å²) in [5.41, 5.74) is 0.850. The van der Waals surface area contributed by atoms with Crippen molar-refractivity contribution in [3.63, 3.8) is 0 Å². The smallest absolute Gasteiger partial charge is 0.322 e. The van der Waals surface area contributed by atoms with Gasteiger partial charge in [0, 0.05) is 19.6 Å². The van der Waals surface area contributed by atoms with E-state index in [1.165, 1.54) is 16.0 Å². The van der Waals surface area contributed by atoms with E-state index in [0.29, 0.717) is 30.3 Å². The summed E-state index contributed by atoms with van der Waals surface area (Å²) in [6, 6.07) is 13.1. The third-order valence-electron chi connectivity index (χ3n) is 4.48. The first-order chi connectivity index (χ1) is 12.2. The zero-order chi connectivity index (χ0) is 17.4. The van der Waals surface area contributed by atoms with Crippen molar-refractivity contribution in [2.45, 2.75) is 26.1 Å². The predicted molar refractivity (Wildman–Crippen MR) is 95.8 cm³/mol. The number of carbonyl (C=O) groups is 1. The summed E-state index contributed by atoms with van der Waals surface area (Å²) < 4.78 is 3.16. The van der Waals surface area contributed by atoms with Gasteiger partial charge in [-0.15, -0.1) is 11.3 Å². The molecule has 4 rings (SSSR count). The average molecular weight is 354 g/mol. The van der Waals surface area contributed by atoms with Crippen molar-refractivity contribution in [2.24, 2.45) is 0 Å². The van der Waals surface area contributed by atoms with E-state index in [4.69, 9.17) is 0 Å². The third kappa shape index (κ3) is 2.60. The summed E-state index contributed by atoms with van der Waals surface area (Å²) in [5, 5.41) is 6.42. The van der Waals surface area contributed by atoms with E-state index >= 15 is 0 Å². The molecule has 128 valence electrons. The van der Waals surface area contributed by atoms with Crippen LogP contribution in [0.15, 0.2) is 52.6 Å². The Hall–Kier alpha value is -2.67. The molecule has 0 fully saturated rings. The lowest BCUT2D eigenvalue weighted by Crippen LogP contribution is -2.44. The molecule has 1 atom stereocenters. The summed E-state index contributed by atoms with van der Waals surface area (Å²) in [4.78, 5) is 28.0. The lowest BCUT2D eigenvalue weighted by Gasteiger charge is -2.35. The standard InChI is InChI=1S/C18H18N4O2S/c1-2-22-18(24)21-11-10-20(17(23)14-9-6-12-25-14)15(16(21)19-22)13-7-4-3-5-8-13/h3-9,12,15H,2,10-11H2,1H3. The monoisotopic (exact) mass is 354 g/mol. The normalized spacial score (nSPS) is 16.7. The van der Waals surface area contributed by atoms with Gasteiger partial charge in [-0.3, -0.25) is 9.36 Å². The number of aromatic nitrogens is 3. The van der Waals surface area contributed by atoms with Crippen molar-refractivity contribution in [3.05, 3.63) is 74.6 Å². The van der Waals surface area contributed by atoms with Crippen LogP contribution >= 0.6 is 11.3 Å².